The van der Waals surface area contributed by atoms with Crippen LogP contribution in [0.4, 0.5) is 0 Å². The molecule has 0 aliphatic carbocycles. The predicted octanol–water partition coefficient (Wildman–Crippen LogP) is 1.89. The standard InChI is InChI=1S/C18H29N3O3S/c1-4-21(5-2)25(23,24)17-10-8-15(9-11-17)14(3)20-18(22)16-7-6-12-19-13-16/h8-11,14,16,19H,4-7,12-13H2,1-3H3,(H,20,22). The van der Waals surface area contributed by atoms with Crippen LogP contribution in [0.1, 0.15) is 45.2 Å². The minimum absolute atomic E-state index is 0.0125. The molecule has 2 rings (SSSR count). The number of amides is 1. The molecule has 1 aliphatic heterocycles. The van der Waals surface area contributed by atoms with Crippen molar-refractivity contribution in [1.29, 1.82) is 0 Å². The highest BCUT2D eigenvalue weighted by atomic mass is 32.2. The summed E-state index contributed by atoms with van der Waals surface area (Å²) in [5, 5.41) is 6.27. The van der Waals surface area contributed by atoms with Crippen LogP contribution in [0.15, 0.2) is 29.2 Å². The van der Waals surface area contributed by atoms with E-state index in [1.54, 1.807) is 24.3 Å². The summed E-state index contributed by atoms with van der Waals surface area (Å²) in [7, 11) is -3.45. The van der Waals surface area contributed by atoms with Crippen LogP contribution in [-0.4, -0.2) is 44.8 Å². The molecule has 2 unspecified atom stereocenters. The van der Waals surface area contributed by atoms with Crippen molar-refractivity contribution in [2.75, 3.05) is 26.2 Å². The summed E-state index contributed by atoms with van der Waals surface area (Å²) >= 11 is 0. The highest BCUT2D eigenvalue weighted by Gasteiger charge is 2.24. The maximum Gasteiger partial charge on any atom is 0.243 e. The molecule has 1 fully saturated rings. The van der Waals surface area contributed by atoms with E-state index in [0.29, 0.717) is 13.1 Å². The number of hydrogen-bond donors (Lipinski definition) is 2. The zero-order valence-electron chi connectivity index (χ0n) is 15.3. The Morgan fingerprint density at radius 2 is 1.92 bits per heavy atom. The number of benzene rings is 1. The SMILES string of the molecule is CCN(CC)S(=O)(=O)c1ccc(C(C)NC(=O)C2CCCNC2)cc1. The van der Waals surface area contributed by atoms with E-state index >= 15 is 0 Å². The van der Waals surface area contributed by atoms with Gasteiger partial charge in [-0.3, -0.25) is 4.79 Å². The molecule has 1 amide bonds. The fraction of sp³-hybridized carbons (Fsp3) is 0.611. The van der Waals surface area contributed by atoms with Gasteiger partial charge in [0.1, 0.15) is 0 Å². The molecular weight excluding hydrogens is 338 g/mol. The third kappa shape index (κ3) is 4.80. The Hall–Kier alpha value is -1.44. The Morgan fingerprint density at radius 3 is 2.44 bits per heavy atom. The Balaban J connectivity index is 2.04. The number of hydrogen-bond acceptors (Lipinski definition) is 4. The van der Waals surface area contributed by atoms with Crippen molar-refractivity contribution < 1.29 is 13.2 Å². The Kier molecular flexibility index (Phi) is 6.98. The van der Waals surface area contributed by atoms with Gasteiger partial charge in [-0.05, 0) is 44.0 Å². The van der Waals surface area contributed by atoms with Gasteiger partial charge in [-0.25, -0.2) is 8.42 Å². The second-order valence-corrected chi connectivity index (χ2v) is 8.37. The van der Waals surface area contributed by atoms with Crippen LogP contribution < -0.4 is 10.6 Å². The van der Waals surface area contributed by atoms with E-state index in [1.165, 1.54) is 4.31 Å². The van der Waals surface area contributed by atoms with Crippen molar-refractivity contribution in [3.63, 3.8) is 0 Å². The van der Waals surface area contributed by atoms with Crippen LogP contribution in [-0.2, 0) is 14.8 Å². The van der Waals surface area contributed by atoms with E-state index in [1.807, 2.05) is 20.8 Å². The van der Waals surface area contributed by atoms with Crippen molar-refractivity contribution in [2.24, 2.45) is 5.92 Å². The molecule has 0 aromatic heterocycles. The molecule has 1 aromatic carbocycles. The van der Waals surface area contributed by atoms with Crippen molar-refractivity contribution >= 4 is 15.9 Å². The van der Waals surface area contributed by atoms with Gasteiger partial charge in [-0.15, -0.1) is 0 Å². The molecule has 25 heavy (non-hydrogen) atoms. The molecule has 0 saturated carbocycles. The van der Waals surface area contributed by atoms with Gasteiger partial charge in [0, 0.05) is 19.6 Å². The molecule has 140 valence electrons. The van der Waals surface area contributed by atoms with Crippen molar-refractivity contribution in [2.45, 2.75) is 44.6 Å². The number of carbonyl (C=O) groups is 1. The fourth-order valence-electron chi connectivity index (χ4n) is 3.13. The molecule has 1 heterocycles. The number of rotatable bonds is 7. The molecule has 0 radical (unpaired) electrons. The summed E-state index contributed by atoms with van der Waals surface area (Å²) in [6.45, 7) is 8.16. The lowest BCUT2D eigenvalue weighted by atomic mass is 9.98. The molecule has 2 N–H and O–H groups in total. The predicted molar refractivity (Wildman–Crippen MR) is 98.7 cm³/mol. The maximum atomic E-state index is 12.5. The van der Waals surface area contributed by atoms with E-state index in [2.05, 4.69) is 10.6 Å². The third-order valence-corrected chi connectivity index (χ3v) is 6.81. The number of nitrogens with one attached hydrogen (secondary N) is 2. The molecule has 1 aliphatic rings. The van der Waals surface area contributed by atoms with Crippen LogP contribution >= 0.6 is 0 Å². The van der Waals surface area contributed by atoms with Crippen LogP contribution in [0, 0.1) is 5.92 Å². The first-order chi connectivity index (χ1) is 11.9. The van der Waals surface area contributed by atoms with E-state index < -0.39 is 10.0 Å². The first kappa shape index (κ1) is 19.9. The molecule has 6 nitrogen and oxygen atoms in total. The summed E-state index contributed by atoms with van der Waals surface area (Å²) in [6, 6.07) is 6.64. The van der Waals surface area contributed by atoms with Gasteiger partial charge in [0.15, 0.2) is 0 Å². The molecule has 0 spiro atoms. The quantitative estimate of drug-likeness (QED) is 0.771. The van der Waals surface area contributed by atoms with E-state index in [0.717, 1.165) is 31.5 Å². The normalized spacial score (nSPS) is 19.6. The summed E-state index contributed by atoms with van der Waals surface area (Å²) in [6.07, 6.45) is 1.93. The molecule has 1 aromatic rings. The van der Waals surface area contributed by atoms with E-state index in [4.69, 9.17) is 0 Å². The lowest BCUT2D eigenvalue weighted by Crippen LogP contribution is -2.41. The Bertz CT molecular complexity index is 663. The summed E-state index contributed by atoms with van der Waals surface area (Å²) < 4.78 is 26.5. The summed E-state index contributed by atoms with van der Waals surface area (Å²) in [4.78, 5) is 12.6. The van der Waals surface area contributed by atoms with Gasteiger partial charge in [0.25, 0.3) is 0 Å². The van der Waals surface area contributed by atoms with Crippen molar-refractivity contribution in [3.8, 4) is 0 Å². The summed E-state index contributed by atoms with van der Waals surface area (Å²) in [5.41, 5.74) is 0.899. The highest BCUT2D eigenvalue weighted by Crippen LogP contribution is 2.20. The smallest absolute Gasteiger partial charge is 0.243 e. The van der Waals surface area contributed by atoms with Crippen LogP contribution in [0.5, 0.6) is 0 Å². The lowest BCUT2D eigenvalue weighted by Gasteiger charge is -2.24. The number of sulfonamides is 1. The van der Waals surface area contributed by atoms with Crippen LogP contribution in [0.2, 0.25) is 0 Å². The zero-order valence-corrected chi connectivity index (χ0v) is 16.1. The molecule has 2 atom stereocenters. The average Bonchev–Trinajstić information content (AvgIpc) is 2.63. The minimum atomic E-state index is -3.45. The second kappa shape index (κ2) is 8.78. The topological polar surface area (TPSA) is 78.5 Å². The van der Waals surface area contributed by atoms with Crippen molar-refractivity contribution in [3.05, 3.63) is 29.8 Å². The number of piperidine rings is 1. The van der Waals surface area contributed by atoms with Gasteiger partial charge in [-0.1, -0.05) is 26.0 Å². The second-order valence-electron chi connectivity index (χ2n) is 6.43. The first-order valence-electron chi connectivity index (χ1n) is 9.01. The fourth-order valence-corrected chi connectivity index (χ4v) is 4.59. The highest BCUT2D eigenvalue weighted by molar-refractivity contribution is 7.89. The van der Waals surface area contributed by atoms with Crippen molar-refractivity contribution in [1.82, 2.24) is 14.9 Å². The Morgan fingerprint density at radius 1 is 1.28 bits per heavy atom. The van der Waals surface area contributed by atoms with Gasteiger partial charge in [0.2, 0.25) is 15.9 Å². The number of carbonyl (C=O) groups excluding carboxylic acids is 1. The number of nitrogens with zero attached hydrogens (tertiary/aromatic N) is 1. The zero-order chi connectivity index (χ0) is 18.4. The summed E-state index contributed by atoms with van der Waals surface area (Å²) in [5.74, 6) is 0.0676. The average molecular weight is 368 g/mol. The van der Waals surface area contributed by atoms with E-state index in [-0.39, 0.29) is 22.8 Å². The Labute approximate surface area is 151 Å². The van der Waals surface area contributed by atoms with Gasteiger partial charge in [-0.2, -0.15) is 4.31 Å². The first-order valence-corrected chi connectivity index (χ1v) is 10.4. The van der Waals surface area contributed by atoms with Gasteiger partial charge < -0.3 is 10.6 Å². The monoisotopic (exact) mass is 367 g/mol. The third-order valence-electron chi connectivity index (χ3n) is 4.75. The van der Waals surface area contributed by atoms with Gasteiger partial charge >= 0.3 is 0 Å². The van der Waals surface area contributed by atoms with E-state index in [9.17, 15) is 13.2 Å². The molecule has 7 heteroatoms. The van der Waals surface area contributed by atoms with Crippen LogP contribution in [0.25, 0.3) is 0 Å². The maximum absolute atomic E-state index is 12.5. The van der Waals surface area contributed by atoms with Crippen LogP contribution in [0.3, 0.4) is 0 Å². The largest absolute Gasteiger partial charge is 0.349 e. The van der Waals surface area contributed by atoms with Gasteiger partial charge in [0.05, 0.1) is 16.9 Å². The molecule has 1 saturated heterocycles. The molecular formula is C18H29N3O3S. The lowest BCUT2D eigenvalue weighted by molar-refractivity contribution is -0.126. The molecule has 0 bridgehead atoms. The minimum Gasteiger partial charge on any atom is -0.349 e.